The molecule has 1 aromatic carbocycles. The first kappa shape index (κ1) is 14.6. The van der Waals surface area contributed by atoms with Crippen LogP contribution in [0.2, 0.25) is 0 Å². The van der Waals surface area contributed by atoms with E-state index in [-0.39, 0.29) is 24.5 Å². The molecule has 7 nitrogen and oxygen atoms in total. The molecule has 1 heterocycles. The summed E-state index contributed by atoms with van der Waals surface area (Å²) in [5.41, 5.74) is -0.836. The Morgan fingerprint density at radius 3 is 2.67 bits per heavy atom. The molecule has 0 amide bonds. The van der Waals surface area contributed by atoms with Gasteiger partial charge >= 0.3 is 11.7 Å². The number of ether oxygens (including phenoxy) is 1. The quantitative estimate of drug-likeness (QED) is 0.856. The predicted octanol–water partition coefficient (Wildman–Crippen LogP) is 0.324. The van der Waals surface area contributed by atoms with Crippen molar-refractivity contribution in [3.05, 3.63) is 62.9 Å². The van der Waals surface area contributed by atoms with E-state index in [9.17, 15) is 14.4 Å². The Morgan fingerprint density at radius 2 is 1.95 bits per heavy atom. The molecule has 1 aromatic heterocycles. The number of rotatable bonds is 5. The van der Waals surface area contributed by atoms with E-state index in [1.807, 2.05) is 0 Å². The highest BCUT2D eigenvalue weighted by Crippen LogP contribution is 2.17. The second-order valence-corrected chi connectivity index (χ2v) is 4.35. The number of aromatic carboxylic acids is 1. The van der Waals surface area contributed by atoms with Crippen molar-refractivity contribution in [3.8, 4) is 5.75 Å². The summed E-state index contributed by atoms with van der Waals surface area (Å²) < 4.78 is 7.68. The summed E-state index contributed by atoms with van der Waals surface area (Å²) in [4.78, 5) is 34.4. The first-order valence-corrected chi connectivity index (χ1v) is 6.22. The van der Waals surface area contributed by atoms with Crippen LogP contribution >= 0.6 is 0 Å². The molecule has 0 aliphatic heterocycles. The highest BCUT2D eigenvalue weighted by Gasteiger charge is 2.10. The number of carboxylic acid groups (broad SMARTS) is 1. The van der Waals surface area contributed by atoms with E-state index >= 15 is 0 Å². The molecule has 0 saturated heterocycles. The zero-order valence-corrected chi connectivity index (χ0v) is 11.4. The van der Waals surface area contributed by atoms with Crippen LogP contribution < -0.4 is 16.0 Å². The summed E-state index contributed by atoms with van der Waals surface area (Å²) in [5.74, 6) is -0.899. The van der Waals surface area contributed by atoms with E-state index in [1.165, 1.54) is 29.0 Å². The van der Waals surface area contributed by atoms with Crippen LogP contribution in [0.4, 0.5) is 0 Å². The van der Waals surface area contributed by atoms with Crippen molar-refractivity contribution >= 4 is 5.97 Å². The number of aryl methyl sites for hydroxylation is 1. The summed E-state index contributed by atoms with van der Waals surface area (Å²) >= 11 is 0. The Morgan fingerprint density at radius 1 is 1.24 bits per heavy atom. The highest BCUT2D eigenvalue weighted by molar-refractivity contribution is 5.90. The zero-order valence-electron chi connectivity index (χ0n) is 11.4. The van der Waals surface area contributed by atoms with Crippen LogP contribution in [0.15, 0.2) is 46.1 Å². The van der Waals surface area contributed by atoms with E-state index in [0.29, 0.717) is 0 Å². The van der Waals surface area contributed by atoms with Crippen molar-refractivity contribution in [3.63, 3.8) is 0 Å². The molecule has 21 heavy (non-hydrogen) atoms. The topological polar surface area (TPSA) is 90.5 Å². The molecule has 0 atom stereocenters. The van der Waals surface area contributed by atoms with Gasteiger partial charge in [-0.2, -0.15) is 0 Å². The molecule has 2 rings (SSSR count). The largest absolute Gasteiger partial charge is 0.491 e. The molecule has 0 bridgehead atoms. The lowest BCUT2D eigenvalue weighted by molar-refractivity contribution is 0.0692. The predicted molar refractivity (Wildman–Crippen MR) is 74.8 cm³/mol. The van der Waals surface area contributed by atoms with Crippen molar-refractivity contribution in [2.24, 2.45) is 7.05 Å². The number of para-hydroxylation sites is 1. The highest BCUT2D eigenvalue weighted by atomic mass is 16.5. The van der Waals surface area contributed by atoms with Gasteiger partial charge in [-0.25, -0.2) is 9.59 Å². The Labute approximate surface area is 119 Å². The maximum absolute atomic E-state index is 11.8. The van der Waals surface area contributed by atoms with Gasteiger partial charge in [-0.1, -0.05) is 12.1 Å². The third-order valence-corrected chi connectivity index (χ3v) is 2.93. The lowest BCUT2D eigenvalue weighted by Crippen LogP contribution is -2.39. The van der Waals surface area contributed by atoms with Gasteiger partial charge < -0.3 is 14.4 Å². The average molecular weight is 290 g/mol. The zero-order chi connectivity index (χ0) is 15.4. The molecule has 0 fully saturated rings. The Balaban J connectivity index is 2.13. The van der Waals surface area contributed by atoms with Gasteiger partial charge in [0.05, 0.1) is 6.54 Å². The molecule has 110 valence electrons. The van der Waals surface area contributed by atoms with Crippen LogP contribution in [0.5, 0.6) is 5.75 Å². The van der Waals surface area contributed by atoms with Crippen molar-refractivity contribution in [1.29, 1.82) is 0 Å². The fraction of sp³-hybridized carbons (Fsp3) is 0.214. The van der Waals surface area contributed by atoms with Gasteiger partial charge in [0.1, 0.15) is 17.9 Å². The normalized spacial score (nSPS) is 10.3. The van der Waals surface area contributed by atoms with E-state index in [4.69, 9.17) is 9.84 Å². The molecule has 1 N–H and O–H groups in total. The second-order valence-electron chi connectivity index (χ2n) is 4.35. The van der Waals surface area contributed by atoms with Gasteiger partial charge in [0.15, 0.2) is 0 Å². The Kier molecular flexibility index (Phi) is 4.22. The fourth-order valence-corrected chi connectivity index (χ4v) is 1.84. The van der Waals surface area contributed by atoms with Gasteiger partial charge in [0.25, 0.3) is 5.56 Å². The third-order valence-electron chi connectivity index (χ3n) is 2.93. The monoisotopic (exact) mass is 290 g/mol. The minimum absolute atomic E-state index is 0.0173. The maximum atomic E-state index is 11.8. The van der Waals surface area contributed by atoms with Gasteiger partial charge in [-0.15, -0.1) is 0 Å². The number of carboxylic acids is 1. The maximum Gasteiger partial charge on any atom is 0.339 e. The van der Waals surface area contributed by atoms with E-state index in [2.05, 4.69) is 0 Å². The third kappa shape index (κ3) is 3.19. The van der Waals surface area contributed by atoms with Crippen LogP contribution in [0.1, 0.15) is 10.4 Å². The second kappa shape index (κ2) is 6.08. The first-order chi connectivity index (χ1) is 10.0. The average Bonchev–Trinajstić information content (AvgIpc) is 2.47. The number of benzene rings is 1. The van der Waals surface area contributed by atoms with E-state index in [1.54, 1.807) is 19.2 Å². The van der Waals surface area contributed by atoms with Crippen LogP contribution in [0.3, 0.4) is 0 Å². The molecule has 0 aliphatic rings. The summed E-state index contributed by atoms with van der Waals surface area (Å²) in [6, 6.07) is 7.47. The van der Waals surface area contributed by atoms with Crippen molar-refractivity contribution in [1.82, 2.24) is 9.13 Å². The molecule has 0 unspecified atom stereocenters. The Bertz CT molecular complexity index is 775. The molecule has 0 radical (unpaired) electrons. The van der Waals surface area contributed by atoms with Crippen LogP contribution in [-0.2, 0) is 13.6 Å². The lowest BCUT2D eigenvalue weighted by atomic mass is 10.2. The van der Waals surface area contributed by atoms with Crippen molar-refractivity contribution in [2.75, 3.05) is 6.61 Å². The standard InChI is InChI=1S/C14H14N2O5/c1-15-7-6-12(17)16(14(15)20)8-9-21-11-5-3-2-4-10(11)13(18)19/h2-7H,8-9H2,1H3,(H,18,19). The molecule has 7 heteroatoms. The van der Waals surface area contributed by atoms with Gasteiger partial charge in [-0.3, -0.25) is 9.36 Å². The number of aromatic nitrogens is 2. The molecule has 2 aromatic rings. The molecule has 0 spiro atoms. The number of carbonyl (C=O) groups is 1. The van der Waals surface area contributed by atoms with Crippen molar-refractivity contribution in [2.45, 2.75) is 6.54 Å². The minimum Gasteiger partial charge on any atom is -0.491 e. The fourth-order valence-electron chi connectivity index (χ4n) is 1.84. The van der Waals surface area contributed by atoms with Crippen molar-refractivity contribution < 1.29 is 14.6 Å². The number of hydrogen-bond donors (Lipinski definition) is 1. The summed E-state index contributed by atoms with van der Waals surface area (Å²) in [5, 5.41) is 9.02. The van der Waals surface area contributed by atoms with Crippen LogP contribution in [-0.4, -0.2) is 26.8 Å². The lowest BCUT2D eigenvalue weighted by Gasteiger charge is -2.10. The summed E-state index contributed by atoms with van der Waals surface area (Å²) in [6.45, 7) is 0.0593. The Hall–Kier alpha value is -2.83. The SMILES string of the molecule is Cn1ccc(=O)n(CCOc2ccccc2C(=O)O)c1=O. The number of hydrogen-bond acceptors (Lipinski definition) is 4. The number of nitrogens with zero attached hydrogens (tertiary/aromatic N) is 2. The molecule has 0 aliphatic carbocycles. The van der Waals surface area contributed by atoms with Crippen LogP contribution in [0, 0.1) is 0 Å². The van der Waals surface area contributed by atoms with E-state index in [0.717, 1.165) is 4.57 Å². The first-order valence-electron chi connectivity index (χ1n) is 6.22. The minimum atomic E-state index is -1.10. The molecular weight excluding hydrogens is 276 g/mol. The summed E-state index contributed by atoms with van der Waals surface area (Å²) in [6.07, 6.45) is 1.39. The smallest absolute Gasteiger partial charge is 0.339 e. The van der Waals surface area contributed by atoms with E-state index < -0.39 is 17.2 Å². The van der Waals surface area contributed by atoms with Crippen LogP contribution in [0.25, 0.3) is 0 Å². The van der Waals surface area contributed by atoms with Gasteiger partial charge in [0, 0.05) is 19.3 Å². The molecule has 0 saturated carbocycles. The van der Waals surface area contributed by atoms with Gasteiger partial charge in [-0.05, 0) is 12.1 Å². The summed E-state index contributed by atoms with van der Waals surface area (Å²) in [7, 11) is 1.54. The van der Waals surface area contributed by atoms with Gasteiger partial charge in [0.2, 0.25) is 0 Å². The molecular formula is C14H14N2O5.